The molecule has 1 aliphatic rings. The van der Waals surface area contributed by atoms with Crippen molar-refractivity contribution in [3.8, 4) is 11.1 Å². The smallest absolute Gasteiger partial charge is 0.319 e. The van der Waals surface area contributed by atoms with Gasteiger partial charge < -0.3 is 15.7 Å². The van der Waals surface area contributed by atoms with Gasteiger partial charge in [-0.3, -0.25) is 0 Å². The molecule has 1 unspecified atom stereocenters. The highest BCUT2D eigenvalue weighted by Gasteiger charge is 2.19. The van der Waals surface area contributed by atoms with E-state index in [-0.39, 0.29) is 18.0 Å². The summed E-state index contributed by atoms with van der Waals surface area (Å²) in [5, 5.41) is 15.7. The number of anilines is 1. The van der Waals surface area contributed by atoms with Gasteiger partial charge in [-0.25, -0.2) is 9.18 Å². The molecule has 1 aliphatic carbocycles. The van der Waals surface area contributed by atoms with E-state index in [4.69, 9.17) is 0 Å². The Morgan fingerprint density at radius 1 is 1.03 bits per heavy atom. The largest absolute Gasteiger partial charge is 0.393 e. The fourth-order valence-corrected chi connectivity index (χ4v) is 3.72. The van der Waals surface area contributed by atoms with E-state index in [1.165, 1.54) is 17.7 Å². The zero-order valence-corrected chi connectivity index (χ0v) is 16.0. The third-order valence-electron chi connectivity index (χ3n) is 5.27. The first-order valence-electron chi connectivity index (χ1n) is 9.77. The first-order valence-corrected chi connectivity index (χ1v) is 9.77. The van der Waals surface area contributed by atoms with Crippen LogP contribution in [-0.2, 0) is 19.4 Å². The van der Waals surface area contributed by atoms with Gasteiger partial charge in [0, 0.05) is 18.7 Å². The molecule has 2 amide bonds. The molecule has 0 saturated carbocycles. The summed E-state index contributed by atoms with van der Waals surface area (Å²) in [5.41, 5.74) is 5.64. The average Bonchev–Trinajstić information content (AvgIpc) is 2.73. The Morgan fingerprint density at radius 3 is 2.62 bits per heavy atom. The number of aliphatic hydroxyl groups is 1. The summed E-state index contributed by atoms with van der Waals surface area (Å²) in [7, 11) is 0. The maximum absolute atomic E-state index is 13.4. The number of amides is 2. The number of aliphatic hydroxyl groups excluding tert-OH is 1. The van der Waals surface area contributed by atoms with Crippen LogP contribution < -0.4 is 10.6 Å². The number of hydrogen-bond acceptors (Lipinski definition) is 2. The Labute approximate surface area is 169 Å². The van der Waals surface area contributed by atoms with Gasteiger partial charge in [-0.05, 0) is 58.9 Å². The number of halogens is 1. The number of rotatable bonds is 4. The minimum absolute atomic E-state index is 0.263. The van der Waals surface area contributed by atoms with E-state index in [9.17, 15) is 14.3 Å². The first kappa shape index (κ1) is 19.2. The van der Waals surface area contributed by atoms with E-state index in [1.54, 1.807) is 6.07 Å². The van der Waals surface area contributed by atoms with Crippen molar-refractivity contribution < 1.29 is 14.3 Å². The van der Waals surface area contributed by atoms with Crippen LogP contribution in [0.2, 0.25) is 0 Å². The highest BCUT2D eigenvalue weighted by atomic mass is 19.1. The van der Waals surface area contributed by atoms with Gasteiger partial charge in [0.1, 0.15) is 5.82 Å². The molecule has 1 atom stereocenters. The lowest BCUT2D eigenvalue weighted by molar-refractivity contribution is 0.159. The van der Waals surface area contributed by atoms with Gasteiger partial charge >= 0.3 is 6.03 Å². The van der Waals surface area contributed by atoms with E-state index in [2.05, 4.69) is 10.6 Å². The number of benzene rings is 3. The molecule has 0 fully saturated rings. The summed E-state index contributed by atoms with van der Waals surface area (Å²) < 4.78 is 13.4. The summed E-state index contributed by atoms with van der Waals surface area (Å²) in [4.78, 5) is 12.4. The van der Waals surface area contributed by atoms with Crippen molar-refractivity contribution in [1.82, 2.24) is 5.32 Å². The minimum Gasteiger partial charge on any atom is -0.393 e. The Kier molecular flexibility index (Phi) is 5.58. The van der Waals surface area contributed by atoms with E-state index in [0.29, 0.717) is 13.0 Å². The zero-order chi connectivity index (χ0) is 20.2. The van der Waals surface area contributed by atoms with Crippen LogP contribution in [0.4, 0.5) is 14.9 Å². The maximum atomic E-state index is 13.4. The lowest BCUT2D eigenvalue weighted by Gasteiger charge is -2.23. The van der Waals surface area contributed by atoms with Crippen LogP contribution in [0.3, 0.4) is 0 Å². The molecule has 3 aromatic rings. The van der Waals surface area contributed by atoms with Gasteiger partial charge in [0.25, 0.3) is 0 Å². The molecule has 3 N–H and O–H groups in total. The van der Waals surface area contributed by atoms with Gasteiger partial charge in [0.15, 0.2) is 0 Å². The molecule has 148 valence electrons. The van der Waals surface area contributed by atoms with Gasteiger partial charge in [-0.15, -0.1) is 0 Å². The molecule has 29 heavy (non-hydrogen) atoms. The number of nitrogens with one attached hydrogen (secondary N) is 2. The molecule has 0 heterocycles. The predicted molar refractivity (Wildman–Crippen MR) is 112 cm³/mol. The fraction of sp³-hybridized carbons (Fsp3) is 0.208. The number of carbonyl (C=O) groups is 1. The summed E-state index contributed by atoms with van der Waals surface area (Å²) in [5.74, 6) is -0.263. The number of hydrogen-bond donors (Lipinski definition) is 3. The molecule has 0 aliphatic heterocycles. The summed E-state index contributed by atoms with van der Waals surface area (Å²) in [6.07, 6.45) is 1.79. The second-order valence-corrected chi connectivity index (χ2v) is 7.35. The van der Waals surface area contributed by atoms with Crippen LogP contribution in [0.5, 0.6) is 0 Å². The van der Waals surface area contributed by atoms with Gasteiger partial charge in [-0.2, -0.15) is 0 Å². The summed E-state index contributed by atoms with van der Waals surface area (Å²) >= 11 is 0. The van der Waals surface area contributed by atoms with Crippen LogP contribution >= 0.6 is 0 Å². The summed E-state index contributed by atoms with van der Waals surface area (Å²) in [6.45, 7) is 0.382. The van der Waals surface area contributed by atoms with Crippen LogP contribution in [0, 0.1) is 5.82 Å². The van der Waals surface area contributed by atoms with Crippen LogP contribution in [-0.4, -0.2) is 17.2 Å². The van der Waals surface area contributed by atoms with Crippen LogP contribution in [0.15, 0.2) is 66.7 Å². The molecular weight excluding hydrogens is 367 g/mol. The van der Waals surface area contributed by atoms with E-state index < -0.39 is 0 Å². The van der Waals surface area contributed by atoms with E-state index >= 15 is 0 Å². The Hall–Kier alpha value is -3.18. The molecule has 0 radical (unpaired) electrons. The SMILES string of the molecule is O=C(NCc1ccc(-c2cccc(F)c2)cc1)Nc1cccc2c1CC(O)CC2. The Bertz CT molecular complexity index is 1020. The van der Waals surface area contributed by atoms with Crippen molar-refractivity contribution >= 4 is 11.7 Å². The molecule has 4 nitrogen and oxygen atoms in total. The second-order valence-electron chi connectivity index (χ2n) is 7.35. The fourth-order valence-electron chi connectivity index (χ4n) is 3.72. The quantitative estimate of drug-likeness (QED) is 0.607. The first-order chi connectivity index (χ1) is 14.1. The van der Waals surface area contributed by atoms with E-state index in [1.807, 2.05) is 48.5 Å². The number of urea groups is 1. The lowest BCUT2D eigenvalue weighted by Crippen LogP contribution is -2.29. The summed E-state index contributed by atoms with van der Waals surface area (Å²) in [6, 6.07) is 19.7. The standard InChI is InChI=1S/C24H23FN2O2/c25-20-5-1-4-19(13-20)17-9-7-16(8-10-17)15-26-24(29)27-23-6-2-3-18-11-12-21(28)14-22(18)23/h1-10,13,21,28H,11-12,14-15H2,(H2,26,27,29). The minimum atomic E-state index is -0.356. The Morgan fingerprint density at radius 2 is 1.83 bits per heavy atom. The molecular formula is C24H23FN2O2. The highest BCUT2D eigenvalue weighted by Crippen LogP contribution is 2.28. The molecule has 0 spiro atoms. The molecule has 0 saturated heterocycles. The van der Waals surface area contributed by atoms with Gasteiger partial charge in [0.2, 0.25) is 0 Å². The van der Waals surface area contributed by atoms with Crippen LogP contribution in [0.1, 0.15) is 23.1 Å². The average molecular weight is 390 g/mol. The third kappa shape index (κ3) is 4.63. The van der Waals surface area contributed by atoms with Crippen molar-refractivity contribution in [3.05, 3.63) is 89.2 Å². The van der Waals surface area contributed by atoms with Crippen molar-refractivity contribution in [2.75, 3.05) is 5.32 Å². The van der Waals surface area contributed by atoms with Gasteiger partial charge in [-0.1, -0.05) is 48.5 Å². The van der Waals surface area contributed by atoms with Crippen LogP contribution in [0.25, 0.3) is 11.1 Å². The highest BCUT2D eigenvalue weighted by molar-refractivity contribution is 5.90. The molecule has 3 aromatic carbocycles. The normalized spacial score (nSPS) is 15.4. The zero-order valence-electron chi connectivity index (χ0n) is 16.0. The monoisotopic (exact) mass is 390 g/mol. The topological polar surface area (TPSA) is 61.4 Å². The second kappa shape index (κ2) is 8.45. The number of aryl methyl sites for hydroxylation is 1. The van der Waals surface area contributed by atoms with Gasteiger partial charge in [0.05, 0.1) is 6.10 Å². The van der Waals surface area contributed by atoms with Crippen molar-refractivity contribution in [3.63, 3.8) is 0 Å². The number of carbonyl (C=O) groups excluding carboxylic acids is 1. The lowest BCUT2D eigenvalue weighted by atomic mass is 9.88. The molecule has 5 heteroatoms. The number of fused-ring (bicyclic) bond motifs is 1. The Balaban J connectivity index is 1.37. The molecule has 0 aromatic heterocycles. The molecule has 0 bridgehead atoms. The van der Waals surface area contributed by atoms with Crippen molar-refractivity contribution in [2.24, 2.45) is 0 Å². The van der Waals surface area contributed by atoms with Crippen molar-refractivity contribution in [1.29, 1.82) is 0 Å². The maximum Gasteiger partial charge on any atom is 0.319 e. The third-order valence-corrected chi connectivity index (χ3v) is 5.27. The predicted octanol–water partition coefficient (Wildman–Crippen LogP) is 4.66. The van der Waals surface area contributed by atoms with Crippen molar-refractivity contribution in [2.45, 2.75) is 31.9 Å². The van der Waals surface area contributed by atoms with E-state index in [0.717, 1.165) is 40.8 Å². The molecule has 4 rings (SSSR count).